The smallest absolute Gasteiger partial charge is 0.660 e. The molecule has 0 fully saturated rings. The van der Waals surface area contributed by atoms with Crippen molar-refractivity contribution in [2.24, 2.45) is 0 Å². The molecule has 3 nitrogen and oxygen atoms in total. The number of hydrogen-bond donors (Lipinski definition) is 0. The van der Waals surface area contributed by atoms with Crippen molar-refractivity contribution in [3.63, 3.8) is 0 Å². The third-order valence-corrected chi connectivity index (χ3v) is 2.63. The summed E-state index contributed by atoms with van der Waals surface area (Å²) in [5, 5.41) is 8.97. The van der Waals surface area contributed by atoms with Crippen molar-refractivity contribution >= 4 is 0 Å². The summed E-state index contributed by atoms with van der Waals surface area (Å²) in [5.74, 6) is 0. The largest absolute Gasteiger partial charge is 1.00 e. The molecule has 1 radical (unpaired) electrons. The van der Waals surface area contributed by atoms with Crippen molar-refractivity contribution in [2.75, 3.05) is 33.2 Å². The van der Waals surface area contributed by atoms with Crippen LogP contribution in [0.2, 0.25) is 0 Å². The molecule has 0 aromatic rings. The summed E-state index contributed by atoms with van der Waals surface area (Å²) in [7, 11) is 2.20. The maximum atomic E-state index is 4.48. The molecule has 0 atom stereocenters. The summed E-state index contributed by atoms with van der Waals surface area (Å²) in [4.78, 5) is 2.41. The van der Waals surface area contributed by atoms with Crippen molar-refractivity contribution in [2.45, 2.75) is 72.9 Å². The second-order valence-electron chi connectivity index (χ2n) is 5.36. The van der Waals surface area contributed by atoms with Crippen LogP contribution in [0.15, 0.2) is 0 Å². The average molecular weight is 362 g/mol. The van der Waals surface area contributed by atoms with Crippen molar-refractivity contribution in [3.05, 3.63) is 10.6 Å². The first-order chi connectivity index (χ1) is 9.02. The van der Waals surface area contributed by atoms with Gasteiger partial charge in [-0.05, 0) is 26.6 Å². The third kappa shape index (κ3) is 30.5. The zero-order chi connectivity index (χ0) is 15.1. The molecule has 0 rings (SSSR count). The minimum atomic E-state index is 0. The van der Waals surface area contributed by atoms with E-state index in [1.807, 2.05) is 13.8 Å². The van der Waals surface area contributed by atoms with E-state index >= 15 is 0 Å². The summed E-state index contributed by atoms with van der Waals surface area (Å²) in [6.45, 7) is 16.9. The quantitative estimate of drug-likeness (QED) is 0.407. The van der Waals surface area contributed by atoms with Crippen LogP contribution in [0.25, 0.3) is 10.6 Å². The molecule has 0 amide bonds. The SMILES string of the molecule is CC.CC(C)[N-]CCCCN(C)CCC[N-]C(C)C.[K+].[V]. The molecule has 0 saturated carbocycles. The molecule has 0 unspecified atom stereocenters. The summed E-state index contributed by atoms with van der Waals surface area (Å²) in [6, 6.07) is 0.975. The zero-order valence-corrected chi connectivity index (χ0v) is 20.4. The Morgan fingerprint density at radius 3 is 1.57 bits per heavy atom. The first-order valence-corrected chi connectivity index (χ1v) is 8.04. The van der Waals surface area contributed by atoms with Gasteiger partial charge in [-0.25, -0.2) is 0 Å². The van der Waals surface area contributed by atoms with Gasteiger partial charge < -0.3 is 15.5 Å². The van der Waals surface area contributed by atoms with Crippen LogP contribution in [0.3, 0.4) is 0 Å². The Morgan fingerprint density at radius 2 is 1.14 bits per heavy atom. The van der Waals surface area contributed by atoms with Gasteiger partial charge in [-0.1, -0.05) is 54.4 Å². The molecule has 123 valence electrons. The van der Waals surface area contributed by atoms with E-state index < -0.39 is 0 Å². The number of nitrogens with zero attached hydrogens (tertiary/aromatic N) is 3. The van der Waals surface area contributed by atoms with Crippen LogP contribution >= 0.6 is 0 Å². The summed E-state index contributed by atoms with van der Waals surface area (Å²) >= 11 is 0. The van der Waals surface area contributed by atoms with E-state index in [2.05, 4.69) is 50.3 Å². The number of rotatable bonds is 11. The molecule has 0 aliphatic rings. The molecule has 21 heavy (non-hydrogen) atoms. The number of hydrogen-bond acceptors (Lipinski definition) is 1. The second kappa shape index (κ2) is 24.4. The minimum absolute atomic E-state index is 0. The summed E-state index contributed by atoms with van der Waals surface area (Å²) < 4.78 is 0. The fraction of sp³-hybridized carbons (Fsp3) is 1.00. The Balaban J connectivity index is -0.000000344. The molecular weight excluding hydrogens is 324 g/mol. The Hall–Kier alpha value is 2.10. The molecule has 0 N–H and O–H groups in total. The van der Waals surface area contributed by atoms with Gasteiger partial charge in [0.05, 0.1) is 0 Å². The van der Waals surface area contributed by atoms with Crippen molar-refractivity contribution < 1.29 is 69.9 Å². The molecule has 0 spiro atoms. The van der Waals surface area contributed by atoms with Gasteiger partial charge in [-0.3, -0.25) is 0 Å². The maximum absolute atomic E-state index is 4.48. The van der Waals surface area contributed by atoms with Gasteiger partial charge >= 0.3 is 51.4 Å². The molecule has 0 heterocycles. The standard InChI is InChI=1S/C14H31N3.C2H6.K.V/c1-13(2)15-9-6-7-11-17(5)12-8-10-16-14(3)4;1-2;;/h13-14H,6-12H2,1-5H3;1-2H3;;/q-2;;+1;. The fourth-order valence-electron chi connectivity index (χ4n) is 1.64. The van der Waals surface area contributed by atoms with Crippen molar-refractivity contribution in [1.82, 2.24) is 4.90 Å². The van der Waals surface area contributed by atoms with E-state index in [9.17, 15) is 0 Å². The minimum Gasteiger partial charge on any atom is -0.660 e. The van der Waals surface area contributed by atoms with Crippen LogP contribution in [0.5, 0.6) is 0 Å². The van der Waals surface area contributed by atoms with Crippen LogP contribution in [-0.4, -0.2) is 50.2 Å². The van der Waals surface area contributed by atoms with Crippen molar-refractivity contribution in [1.29, 1.82) is 0 Å². The first-order valence-electron chi connectivity index (χ1n) is 8.04. The summed E-state index contributed by atoms with van der Waals surface area (Å²) in [6.07, 6.45) is 3.66. The Bertz CT molecular complexity index is 170. The van der Waals surface area contributed by atoms with Gasteiger partial charge in [0.15, 0.2) is 0 Å². The second-order valence-corrected chi connectivity index (χ2v) is 5.36. The van der Waals surface area contributed by atoms with Gasteiger partial charge in [0.25, 0.3) is 0 Å². The predicted molar refractivity (Wildman–Crippen MR) is 89.4 cm³/mol. The first kappa shape index (κ1) is 30.9. The normalized spacial score (nSPS) is 10.0. The Kier molecular flexibility index (Phi) is 35.9. The van der Waals surface area contributed by atoms with E-state index in [1.54, 1.807) is 0 Å². The van der Waals surface area contributed by atoms with Crippen molar-refractivity contribution in [3.8, 4) is 0 Å². The fourth-order valence-corrected chi connectivity index (χ4v) is 1.64. The molecule has 0 aromatic heterocycles. The molecule has 0 bridgehead atoms. The molecule has 0 aliphatic heterocycles. The van der Waals surface area contributed by atoms with E-state index in [1.165, 1.54) is 25.8 Å². The van der Waals surface area contributed by atoms with Crippen LogP contribution in [-0.2, 0) is 18.6 Å². The van der Waals surface area contributed by atoms with Crippen LogP contribution < -0.4 is 51.4 Å². The topological polar surface area (TPSA) is 31.4 Å². The van der Waals surface area contributed by atoms with Gasteiger partial charge in [0, 0.05) is 18.6 Å². The van der Waals surface area contributed by atoms with E-state index in [-0.39, 0.29) is 69.9 Å². The van der Waals surface area contributed by atoms with Gasteiger partial charge in [-0.15, -0.1) is 25.2 Å². The monoisotopic (exact) mass is 361 g/mol. The number of unbranched alkanes of at least 4 members (excludes halogenated alkanes) is 1. The molecule has 0 saturated heterocycles. The van der Waals surface area contributed by atoms with E-state index in [0.29, 0.717) is 12.1 Å². The van der Waals surface area contributed by atoms with Gasteiger partial charge in [0.2, 0.25) is 0 Å². The zero-order valence-electron chi connectivity index (χ0n) is 15.9. The van der Waals surface area contributed by atoms with E-state index in [4.69, 9.17) is 0 Å². The van der Waals surface area contributed by atoms with Crippen LogP contribution in [0.1, 0.15) is 60.8 Å². The Labute approximate surface area is 189 Å². The average Bonchev–Trinajstić information content (AvgIpc) is 2.36. The third-order valence-electron chi connectivity index (χ3n) is 2.63. The Morgan fingerprint density at radius 1 is 0.762 bits per heavy atom. The molecule has 5 heteroatoms. The van der Waals surface area contributed by atoms with Crippen LogP contribution in [0.4, 0.5) is 0 Å². The van der Waals surface area contributed by atoms with E-state index in [0.717, 1.165) is 19.6 Å². The predicted octanol–water partition coefficient (Wildman–Crippen LogP) is 1.68. The molecular formula is C16H37KN3V-. The summed E-state index contributed by atoms with van der Waals surface area (Å²) in [5.41, 5.74) is 0. The molecule has 0 aromatic carbocycles. The molecule has 0 aliphatic carbocycles. The van der Waals surface area contributed by atoms with Crippen LogP contribution in [0, 0.1) is 0 Å². The van der Waals surface area contributed by atoms with Gasteiger partial charge in [0.1, 0.15) is 0 Å². The maximum Gasteiger partial charge on any atom is 1.00 e. The van der Waals surface area contributed by atoms with Gasteiger partial charge in [-0.2, -0.15) is 0 Å².